The molecule has 100 valence electrons. The predicted octanol–water partition coefficient (Wildman–Crippen LogP) is 3.44. The molecule has 1 atom stereocenters. The van der Waals surface area contributed by atoms with Crippen LogP contribution < -0.4 is 5.73 Å². The Bertz CT molecular complexity index is 536. The van der Waals surface area contributed by atoms with Crippen LogP contribution in [0.2, 0.25) is 0 Å². The molecule has 1 aliphatic carbocycles. The highest BCUT2D eigenvalue weighted by Gasteiger charge is 2.28. The van der Waals surface area contributed by atoms with Crippen LogP contribution in [-0.4, -0.2) is 4.98 Å². The van der Waals surface area contributed by atoms with Gasteiger partial charge in [0.05, 0.1) is 11.2 Å². The van der Waals surface area contributed by atoms with Gasteiger partial charge in [-0.25, -0.2) is 4.98 Å². The maximum absolute atomic E-state index is 6.49. The normalized spacial score (nSPS) is 17.2. The minimum Gasteiger partial charge on any atom is -0.320 e. The van der Waals surface area contributed by atoms with Crippen molar-refractivity contribution >= 4 is 11.3 Å². The van der Waals surface area contributed by atoms with Gasteiger partial charge in [0.2, 0.25) is 0 Å². The van der Waals surface area contributed by atoms with E-state index in [1.165, 1.54) is 29.0 Å². The Morgan fingerprint density at radius 1 is 1.26 bits per heavy atom. The van der Waals surface area contributed by atoms with Crippen molar-refractivity contribution in [2.45, 2.75) is 44.6 Å². The van der Waals surface area contributed by atoms with E-state index in [0.717, 1.165) is 24.3 Å². The molecule has 0 fully saturated rings. The van der Waals surface area contributed by atoms with Gasteiger partial charge in [-0.05, 0) is 44.6 Å². The Kier molecular flexibility index (Phi) is 3.42. The van der Waals surface area contributed by atoms with Crippen LogP contribution in [0.5, 0.6) is 0 Å². The van der Waals surface area contributed by atoms with Crippen molar-refractivity contribution in [2.75, 3.05) is 0 Å². The lowest BCUT2D eigenvalue weighted by molar-refractivity contribution is 0.449. The van der Waals surface area contributed by atoms with Gasteiger partial charge in [0.1, 0.15) is 5.01 Å². The molecule has 1 aliphatic rings. The number of thiazole rings is 1. The van der Waals surface area contributed by atoms with Gasteiger partial charge in [-0.3, -0.25) is 0 Å². The zero-order chi connectivity index (χ0) is 13.3. The molecule has 0 bridgehead atoms. The van der Waals surface area contributed by atoms with Crippen LogP contribution in [0.25, 0.3) is 0 Å². The van der Waals surface area contributed by atoms with Gasteiger partial charge < -0.3 is 5.73 Å². The van der Waals surface area contributed by atoms with Crippen LogP contribution >= 0.6 is 11.3 Å². The topological polar surface area (TPSA) is 38.9 Å². The maximum Gasteiger partial charge on any atom is 0.113 e. The SMILES string of the molecule is CC(N)(CCc1ccccc1)c1nc2c(s1)CCC2. The van der Waals surface area contributed by atoms with Gasteiger partial charge >= 0.3 is 0 Å². The standard InChI is InChI=1S/C16H20N2S/c1-16(17,11-10-12-6-3-2-4-7-12)15-18-13-8-5-9-14(13)19-15/h2-4,6-7H,5,8-11,17H2,1H3. The van der Waals surface area contributed by atoms with Gasteiger partial charge in [0.25, 0.3) is 0 Å². The molecule has 19 heavy (non-hydrogen) atoms. The van der Waals surface area contributed by atoms with E-state index in [1.54, 1.807) is 0 Å². The lowest BCUT2D eigenvalue weighted by Gasteiger charge is -2.22. The third-order valence-electron chi connectivity index (χ3n) is 3.86. The summed E-state index contributed by atoms with van der Waals surface area (Å²) in [5.74, 6) is 0. The summed E-state index contributed by atoms with van der Waals surface area (Å²) in [6.45, 7) is 2.12. The van der Waals surface area contributed by atoms with E-state index in [1.807, 2.05) is 11.3 Å². The second-order valence-electron chi connectivity index (χ2n) is 5.65. The molecule has 3 rings (SSSR count). The van der Waals surface area contributed by atoms with Crippen molar-refractivity contribution in [1.29, 1.82) is 0 Å². The maximum atomic E-state index is 6.49. The molecule has 0 spiro atoms. The van der Waals surface area contributed by atoms with E-state index < -0.39 is 0 Å². The third-order valence-corrected chi connectivity index (χ3v) is 5.30. The van der Waals surface area contributed by atoms with Gasteiger partial charge in [-0.1, -0.05) is 30.3 Å². The zero-order valence-electron chi connectivity index (χ0n) is 11.4. The first-order chi connectivity index (χ1) is 9.15. The van der Waals surface area contributed by atoms with Crippen LogP contribution in [0.3, 0.4) is 0 Å². The van der Waals surface area contributed by atoms with Crippen LogP contribution in [0.1, 0.15) is 40.9 Å². The summed E-state index contributed by atoms with van der Waals surface area (Å²) in [6, 6.07) is 10.6. The predicted molar refractivity (Wildman–Crippen MR) is 80.4 cm³/mol. The number of nitrogens with two attached hydrogens (primary N) is 1. The molecule has 1 aromatic heterocycles. The molecular formula is C16H20N2S. The van der Waals surface area contributed by atoms with Crippen molar-refractivity contribution in [3.8, 4) is 0 Å². The van der Waals surface area contributed by atoms with Crippen LogP contribution in [0, 0.1) is 0 Å². The van der Waals surface area contributed by atoms with Crippen molar-refractivity contribution in [2.24, 2.45) is 5.73 Å². The molecule has 1 aromatic carbocycles. The lowest BCUT2D eigenvalue weighted by atomic mass is 9.95. The molecule has 1 unspecified atom stereocenters. The molecule has 0 saturated carbocycles. The Morgan fingerprint density at radius 3 is 2.79 bits per heavy atom. The number of benzene rings is 1. The van der Waals surface area contributed by atoms with E-state index in [9.17, 15) is 0 Å². The Balaban J connectivity index is 1.71. The summed E-state index contributed by atoms with van der Waals surface area (Å²) in [5.41, 5.74) is 8.85. The summed E-state index contributed by atoms with van der Waals surface area (Å²) < 4.78 is 0. The molecule has 0 amide bonds. The fourth-order valence-electron chi connectivity index (χ4n) is 2.59. The largest absolute Gasteiger partial charge is 0.320 e. The number of aromatic nitrogens is 1. The Morgan fingerprint density at radius 2 is 2.05 bits per heavy atom. The molecule has 0 saturated heterocycles. The van der Waals surface area contributed by atoms with Gasteiger partial charge in [0, 0.05) is 4.88 Å². The van der Waals surface area contributed by atoms with Crippen molar-refractivity contribution in [3.63, 3.8) is 0 Å². The van der Waals surface area contributed by atoms with Crippen molar-refractivity contribution in [1.82, 2.24) is 4.98 Å². The van der Waals surface area contributed by atoms with E-state index in [0.29, 0.717) is 0 Å². The number of nitrogens with zero attached hydrogens (tertiary/aromatic N) is 1. The highest BCUT2D eigenvalue weighted by atomic mass is 32.1. The van der Waals surface area contributed by atoms with Crippen molar-refractivity contribution < 1.29 is 0 Å². The first kappa shape index (κ1) is 12.8. The lowest BCUT2D eigenvalue weighted by Crippen LogP contribution is -2.33. The van der Waals surface area contributed by atoms with Gasteiger partial charge in [-0.2, -0.15) is 0 Å². The quantitative estimate of drug-likeness (QED) is 0.926. The second kappa shape index (κ2) is 5.06. The molecule has 2 nitrogen and oxygen atoms in total. The fourth-order valence-corrected chi connectivity index (χ4v) is 3.83. The number of fused-ring (bicyclic) bond motifs is 1. The molecule has 2 aromatic rings. The first-order valence-electron chi connectivity index (χ1n) is 6.97. The van der Waals surface area contributed by atoms with Gasteiger partial charge in [0.15, 0.2) is 0 Å². The fraction of sp³-hybridized carbons (Fsp3) is 0.438. The van der Waals surface area contributed by atoms with Crippen LogP contribution in [-0.2, 0) is 24.8 Å². The first-order valence-corrected chi connectivity index (χ1v) is 7.79. The average molecular weight is 272 g/mol. The average Bonchev–Trinajstić information content (AvgIpc) is 2.99. The van der Waals surface area contributed by atoms with E-state index in [-0.39, 0.29) is 5.54 Å². The number of aryl methyl sites for hydroxylation is 3. The highest BCUT2D eigenvalue weighted by Crippen LogP contribution is 2.34. The molecule has 0 aliphatic heterocycles. The molecular weight excluding hydrogens is 252 g/mol. The third kappa shape index (κ3) is 2.72. The van der Waals surface area contributed by atoms with Crippen LogP contribution in [0.4, 0.5) is 0 Å². The summed E-state index contributed by atoms with van der Waals surface area (Å²) in [5, 5.41) is 1.12. The minimum atomic E-state index is -0.301. The number of hydrogen-bond acceptors (Lipinski definition) is 3. The molecule has 2 N–H and O–H groups in total. The number of rotatable bonds is 4. The van der Waals surface area contributed by atoms with Crippen LogP contribution in [0.15, 0.2) is 30.3 Å². The highest BCUT2D eigenvalue weighted by molar-refractivity contribution is 7.12. The zero-order valence-corrected chi connectivity index (χ0v) is 12.2. The van der Waals surface area contributed by atoms with E-state index in [4.69, 9.17) is 10.7 Å². The minimum absolute atomic E-state index is 0.301. The molecule has 1 heterocycles. The van der Waals surface area contributed by atoms with Gasteiger partial charge in [-0.15, -0.1) is 11.3 Å². The summed E-state index contributed by atoms with van der Waals surface area (Å²) in [4.78, 5) is 6.23. The summed E-state index contributed by atoms with van der Waals surface area (Å²) >= 11 is 1.83. The summed E-state index contributed by atoms with van der Waals surface area (Å²) in [6.07, 6.45) is 5.56. The molecule has 0 radical (unpaired) electrons. The molecule has 3 heteroatoms. The summed E-state index contributed by atoms with van der Waals surface area (Å²) in [7, 11) is 0. The number of hydrogen-bond donors (Lipinski definition) is 1. The Labute approximate surface area is 118 Å². The second-order valence-corrected chi connectivity index (χ2v) is 6.73. The monoisotopic (exact) mass is 272 g/mol. The Hall–Kier alpha value is -1.19. The van der Waals surface area contributed by atoms with E-state index >= 15 is 0 Å². The van der Waals surface area contributed by atoms with Crippen molar-refractivity contribution in [3.05, 3.63) is 51.5 Å². The smallest absolute Gasteiger partial charge is 0.113 e. The van der Waals surface area contributed by atoms with E-state index in [2.05, 4.69) is 37.3 Å².